The molecule has 0 bridgehead atoms. The van der Waals surface area contributed by atoms with E-state index in [0.717, 1.165) is 0 Å². The Morgan fingerprint density at radius 2 is 1.55 bits per heavy atom. The number of methoxy groups -OCH3 is 2. The van der Waals surface area contributed by atoms with Crippen molar-refractivity contribution >= 4 is 23.5 Å². The average molecular weight is 307 g/mol. The van der Waals surface area contributed by atoms with E-state index in [1.54, 1.807) is 24.3 Å². The molecule has 1 aliphatic heterocycles. The molecular formula is C16H21NO5. The van der Waals surface area contributed by atoms with Crippen LogP contribution in [0.1, 0.15) is 32.3 Å². The van der Waals surface area contributed by atoms with Gasteiger partial charge in [0.1, 0.15) is 0 Å². The van der Waals surface area contributed by atoms with Gasteiger partial charge in [-0.05, 0) is 11.6 Å². The predicted octanol–water partition coefficient (Wildman–Crippen LogP) is 2.03. The van der Waals surface area contributed by atoms with E-state index in [9.17, 15) is 14.4 Å². The zero-order chi connectivity index (χ0) is 16.8. The van der Waals surface area contributed by atoms with E-state index >= 15 is 0 Å². The standard InChI is InChI=1S/C14H15NO5.C2H6/c1-19-11(16)7-14(8-12(17)20-2)9-5-3-4-6-10(9)15-13(14)18;1-2/h3-6H,7-8H2,1-2H3,(H,15,18);1-2H3. The maximum absolute atomic E-state index is 12.3. The summed E-state index contributed by atoms with van der Waals surface area (Å²) in [6.45, 7) is 4.00. The molecule has 1 amide bonds. The summed E-state index contributed by atoms with van der Waals surface area (Å²) >= 11 is 0. The maximum atomic E-state index is 12.3. The lowest BCUT2D eigenvalue weighted by molar-refractivity contribution is -0.148. The van der Waals surface area contributed by atoms with Crippen molar-refractivity contribution in [1.82, 2.24) is 0 Å². The minimum absolute atomic E-state index is 0.207. The fraction of sp³-hybridized carbons (Fsp3) is 0.438. The predicted molar refractivity (Wildman–Crippen MR) is 81.4 cm³/mol. The van der Waals surface area contributed by atoms with Gasteiger partial charge in [0.05, 0.1) is 32.5 Å². The molecule has 1 aromatic carbocycles. The average Bonchev–Trinajstić information content (AvgIpc) is 2.81. The van der Waals surface area contributed by atoms with Crippen LogP contribution in [-0.2, 0) is 29.3 Å². The van der Waals surface area contributed by atoms with Crippen molar-refractivity contribution in [2.45, 2.75) is 32.1 Å². The van der Waals surface area contributed by atoms with E-state index < -0.39 is 23.3 Å². The van der Waals surface area contributed by atoms with Gasteiger partial charge in [-0.1, -0.05) is 32.0 Å². The first-order chi connectivity index (χ1) is 10.5. The van der Waals surface area contributed by atoms with Gasteiger partial charge in [-0.15, -0.1) is 0 Å². The number of anilines is 1. The highest BCUT2D eigenvalue weighted by Gasteiger charge is 2.50. The third kappa shape index (κ3) is 3.27. The SMILES string of the molecule is CC.COC(=O)CC1(CC(=O)OC)C(=O)Nc2ccccc21. The normalized spacial score (nSPS) is 14.1. The van der Waals surface area contributed by atoms with Gasteiger partial charge in [0.15, 0.2) is 0 Å². The Morgan fingerprint density at radius 1 is 1.05 bits per heavy atom. The highest BCUT2D eigenvalue weighted by Crippen LogP contribution is 2.43. The van der Waals surface area contributed by atoms with Crippen molar-refractivity contribution in [2.75, 3.05) is 19.5 Å². The van der Waals surface area contributed by atoms with Crippen LogP contribution >= 0.6 is 0 Å². The Morgan fingerprint density at radius 3 is 2.05 bits per heavy atom. The molecule has 0 aromatic heterocycles. The fourth-order valence-electron chi connectivity index (χ4n) is 2.42. The first-order valence-corrected chi connectivity index (χ1v) is 7.08. The molecule has 0 fully saturated rings. The van der Waals surface area contributed by atoms with Crippen LogP contribution in [0.2, 0.25) is 0 Å². The largest absolute Gasteiger partial charge is 0.469 e. The Kier molecular flexibility index (Phi) is 6.10. The van der Waals surface area contributed by atoms with E-state index in [4.69, 9.17) is 0 Å². The van der Waals surface area contributed by atoms with Crippen LogP contribution in [0.5, 0.6) is 0 Å². The molecule has 0 atom stereocenters. The lowest BCUT2D eigenvalue weighted by atomic mass is 9.76. The molecular weight excluding hydrogens is 286 g/mol. The number of nitrogens with one attached hydrogen (secondary N) is 1. The van der Waals surface area contributed by atoms with Crippen molar-refractivity contribution in [2.24, 2.45) is 0 Å². The quantitative estimate of drug-likeness (QED) is 0.861. The minimum atomic E-state index is -1.27. The summed E-state index contributed by atoms with van der Waals surface area (Å²) in [5, 5.41) is 2.69. The van der Waals surface area contributed by atoms with E-state index in [2.05, 4.69) is 14.8 Å². The van der Waals surface area contributed by atoms with Gasteiger partial charge < -0.3 is 14.8 Å². The number of benzene rings is 1. The molecule has 0 radical (unpaired) electrons. The Hall–Kier alpha value is -2.37. The summed E-state index contributed by atoms with van der Waals surface area (Å²) in [6.07, 6.45) is -0.414. The van der Waals surface area contributed by atoms with Crippen LogP contribution in [0.3, 0.4) is 0 Å². The van der Waals surface area contributed by atoms with Crippen molar-refractivity contribution in [3.63, 3.8) is 0 Å². The molecule has 6 heteroatoms. The minimum Gasteiger partial charge on any atom is -0.469 e. The number of amides is 1. The number of fused-ring (bicyclic) bond motifs is 1. The van der Waals surface area contributed by atoms with Crippen LogP contribution in [0.15, 0.2) is 24.3 Å². The number of ether oxygens (including phenoxy) is 2. The van der Waals surface area contributed by atoms with E-state index in [1.165, 1.54) is 14.2 Å². The molecule has 0 saturated heterocycles. The molecule has 0 spiro atoms. The third-order valence-electron chi connectivity index (χ3n) is 3.47. The van der Waals surface area contributed by atoms with E-state index in [1.807, 2.05) is 13.8 Å². The van der Waals surface area contributed by atoms with Crippen LogP contribution in [0, 0.1) is 0 Å². The Balaban J connectivity index is 0.00000116. The molecule has 2 rings (SSSR count). The number of esters is 2. The Bertz CT molecular complexity index is 549. The van der Waals surface area contributed by atoms with E-state index in [0.29, 0.717) is 11.3 Å². The Labute approximate surface area is 129 Å². The van der Waals surface area contributed by atoms with Crippen molar-refractivity contribution in [3.05, 3.63) is 29.8 Å². The van der Waals surface area contributed by atoms with Crippen molar-refractivity contribution < 1.29 is 23.9 Å². The summed E-state index contributed by atoms with van der Waals surface area (Å²) in [5.74, 6) is -1.50. The zero-order valence-electron chi connectivity index (χ0n) is 13.3. The monoisotopic (exact) mass is 307 g/mol. The number of rotatable bonds is 4. The number of carbonyl (C=O) groups excluding carboxylic acids is 3. The summed E-state index contributed by atoms with van der Waals surface area (Å²) in [7, 11) is 2.49. The smallest absolute Gasteiger partial charge is 0.306 e. The van der Waals surface area contributed by atoms with Crippen LogP contribution < -0.4 is 5.32 Å². The van der Waals surface area contributed by atoms with Crippen LogP contribution in [0.4, 0.5) is 5.69 Å². The van der Waals surface area contributed by atoms with Gasteiger partial charge in [-0.3, -0.25) is 14.4 Å². The molecule has 0 saturated carbocycles. The molecule has 0 aliphatic carbocycles. The first kappa shape index (κ1) is 17.7. The molecule has 0 unspecified atom stereocenters. The number of para-hydroxylation sites is 1. The van der Waals surface area contributed by atoms with Crippen LogP contribution in [0.25, 0.3) is 0 Å². The van der Waals surface area contributed by atoms with Gasteiger partial charge in [-0.2, -0.15) is 0 Å². The highest BCUT2D eigenvalue weighted by molar-refractivity contribution is 6.09. The fourth-order valence-corrected chi connectivity index (χ4v) is 2.42. The maximum Gasteiger partial charge on any atom is 0.306 e. The molecule has 1 aliphatic rings. The van der Waals surface area contributed by atoms with Gasteiger partial charge in [-0.25, -0.2) is 0 Å². The lowest BCUT2D eigenvalue weighted by Crippen LogP contribution is -2.39. The van der Waals surface area contributed by atoms with E-state index in [-0.39, 0.29) is 12.8 Å². The topological polar surface area (TPSA) is 81.7 Å². The molecule has 1 heterocycles. The van der Waals surface area contributed by atoms with Gasteiger partial charge in [0.2, 0.25) is 5.91 Å². The van der Waals surface area contributed by atoms with Crippen molar-refractivity contribution in [1.29, 1.82) is 0 Å². The first-order valence-electron chi connectivity index (χ1n) is 7.08. The number of hydrogen-bond donors (Lipinski definition) is 1. The molecule has 1 N–H and O–H groups in total. The van der Waals surface area contributed by atoms with Gasteiger partial charge in [0.25, 0.3) is 0 Å². The molecule has 6 nitrogen and oxygen atoms in total. The molecule has 120 valence electrons. The summed E-state index contributed by atoms with van der Waals surface area (Å²) < 4.78 is 9.29. The summed E-state index contributed by atoms with van der Waals surface area (Å²) in [5.41, 5.74) is -0.0531. The second-order valence-corrected chi connectivity index (χ2v) is 4.59. The molecule has 1 aromatic rings. The summed E-state index contributed by atoms with van der Waals surface area (Å²) in [6, 6.07) is 6.97. The van der Waals surface area contributed by atoms with Crippen LogP contribution in [-0.4, -0.2) is 32.1 Å². The zero-order valence-corrected chi connectivity index (χ0v) is 13.3. The third-order valence-corrected chi connectivity index (χ3v) is 3.47. The summed E-state index contributed by atoms with van der Waals surface area (Å²) in [4.78, 5) is 35.6. The van der Waals surface area contributed by atoms with Gasteiger partial charge in [0, 0.05) is 5.69 Å². The lowest BCUT2D eigenvalue weighted by Gasteiger charge is -2.24. The second kappa shape index (κ2) is 7.59. The number of carbonyl (C=O) groups is 3. The number of hydrogen-bond acceptors (Lipinski definition) is 5. The van der Waals surface area contributed by atoms with Gasteiger partial charge >= 0.3 is 11.9 Å². The highest BCUT2D eigenvalue weighted by atomic mass is 16.5. The second-order valence-electron chi connectivity index (χ2n) is 4.59. The van der Waals surface area contributed by atoms with Crippen molar-refractivity contribution in [3.8, 4) is 0 Å². The molecule has 22 heavy (non-hydrogen) atoms.